The molecule has 1 aliphatic heterocycles. The molecule has 2 aromatic rings. The average Bonchev–Trinajstić information content (AvgIpc) is 2.73. The number of hydrogen-bond acceptors (Lipinski definition) is 6. The number of ether oxygens (including phenoxy) is 1. The van der Waals surface area contributed by atoms with Crippen LogP contribution in [0.25, 0.3) is 0 Å². The molecule has 0 spiro atoms. The molecule has 0 radical (unpaired) electrons. The molecule has 0 atom stereocenters. The number of hydrogen-bond donors (Lipinski definition) is 2. The summed E-state index contributed by atoms with van der Waals surface area (Å²) in [5.41, 5.74) is -3.94. The maximum Gasteiger partial charge on any atom is 0.416 e. The predicted molar refractivity (Wildman–Crippen MR) is 118 cm³/mol. The van der Waals surface area contributed by atoms with Gasteiger partial charge in [0.15, 0.2) is 0 Å². The third-order valence-corrected chi connectivity index (χ3v) is 4.81. The zero-order chi connectivity index (χ0) is 26.1. The number of halogens is 3. The van der Waals surface area contributed by atoms with E-state index in [0.717, 1.165) is 23.1 Å². The van der Waals surface area contributed by atoms with Crippen LogP contribution in [0.5, 0.6) is 0 Å². The van der Waals surface area contributed by atoms with Gasteiger partial charge in [-0.1, -0.05) is 6.07 Å². The smallest absolute Gasteiger partial charge is 0.416 e. The van der Waals surface area contributed by atoms with Crippen LogP contribution in [0, 0.1) is 10.1 Å². The Labute approximate surface area is 197 Å². The SMILES string of the molecule is CC(C)(C)OC(=O)NCCN1C(=O)c2cccc([N+](=O)[O-])c2C(=O)Nc2cc(C(F)(F)F)ccc21. The van der Waals surface area contributed by atoms with Crippen LogP contribution in [0.4, 0.5) is 35.0 Å². The number of amides is 3. The highest BCUT2D eigenvalue weighted by Gasteiger charge is 2.36. The van der Waals surface area contributed by atoms with Gasteiger partial charge in [-0.15, -0.1) is 0 Å². The molecular formula is C22H21F3N4O6. The molecule has 2 N–H and O–H groups in total. The number of alkyl carbamates (subject to hydrolysis) is 1. The summed E-state index contributed by atoms with van der Waals surface area (Å²) in [5, 5.41) is 16.2. The number of carbonyl (C=O) groups is 3. The van der Waals surface area contributed by atoms with Crippen molar-refractivity contribution < 1.29 is 37.2 Å². The second kappa shape index (κ2) is 9.24. The lowest BCUT2D eigenvalue weighted by Crippen LogP contribution is -2.42. The third kappa shape index (κ3) is 5.67. The van der Waals surface area contributed by atoms with Gasteiger partial charge in [0.25, 0.3) is 17.5 Å². The quantitative estimate of drug-likeness (QED) is 0.480. The van der Waals surface area contributed by atoms with Gasteiger partial charge in [0.2, 0.25) is 0 Å². The fraction of sp³-hybridized carbons (Fsp3) is 0.318. The normalized spacial score (nSPS) is 13.7. The summed E-state index contributed by atoms with van der Waals surface area (Å²) in [6.07, 6.45) is -5.53. The van der Waals surface area contributed by atoms with E-state index in [1.165, 1.54) is 12.1 Å². The first-order valence-corrected chi connectivity index (χ1v) is 10.3. The lowest BCUT2D eigenvalue weighted by atomic mass is 10.00. The van der Waals surface area contributed by atoms with Crippen molar-refractivity contribution in [3.05, 3.63) is 63.2 Å². The van der Waals surface area contributed by atoms with Gasteiger partial charge in [-0.05, 0) is 45.0 Å². The Bertz CT molecular complexity index is 1210. The maximum absolute atomic E-state index is 13.4. The molecule has 0 aliphatic carbocycles. The summed E-state index contributed by atoms with van der Waals surface area (Å²) >= 11 is 0. The van der Waals surface area contributed by atoms with Crippen molar-refractivity contribution in [3.63, 3.8) is 0 Å². The van der Waals surface area contributed by atoms with Gasteiger partial charge in [0, 0.05) is 19.2 Å². The predicted octanol–water partition coefficient (Wildman–Crippen LogP) is 4.35. The van der Waals surface area contributed by atoms with Crippen LogP contribution >= 0.6 is 0 Å². The molecule has 0 unspecified atom stereocenters. The van der Waals surface area contributed by atoms with Crippen molar-refractivity contribution in [2.24, 2.45) is 0 Å². The van der Waals surface area contributed by atoms with E-state index in [1.807, 2.05) is 0 Å². The van der Waals surface area contributed by atoms with E-state index in [2.05, 4.69) is 10.6 Å². The summed E-state index contributed by atoms with van der Waals surface area (Å²) in [7, 11) is 0. The van der Waals surface area contributed by atoms with Crippen molar-refractivity contribution in [2.45, 2.75) is 32.5 Å². The molecule has 1 aliphatic rings. The third-order valence-electron chi connectivity index (χ3n) is 4.81. The molecular weight excluding hydrogens is 473 g/mol. The topological polar surface area (TPSA) is 131 Å². The van der Waals surface area contributed by atoms with Gasteiger partial charge in [0.05, 0.1) is 27.4 Å². The van der Waals surface area contributed by atoms with Gasteiger partial charge >= 0.3 is 12.3 Å². The Morgan fingerprint density at radius 2 is 1.86 bits per heavy atom. The van der Waals surface area contributed by atoms with E-state index in [-0.39, 0.29) is 30.0 Å². The van der Waals surface area contributed by atoms with Crippen LogP contribution in [-0.2, 0) is 10.9 Å². The second-order valence-corrected chi connectivity index (χ2v) is 8.53. The van der Waals surface area contributed by atoms with Crippen LogP contribution in [-0.4, -0.2) is 41.5 Å². The summed E-state index contributed by atoms with van der Waals surface area (Å²) < 4.78 is 45.0. The summed E-state index contributed by atoms with van der Waals surface area (Å²) in [5.74, 6) is -1.97. The van der Waals surface area contributed by atoms with Gasteiger partial charge in [-0.2, -0.15) is 13.2 Å². The average molecular weight is 494 g/mol. The lowest BCUT2D eigenvalue weighted by Gasteiger charge is -2.29. The van der Waals surface area contributed by atoms with Crippen molar-refractivity contribution in [1.82, 2.24) is 5.32 Å². The Balaban J connectivity index is 2.06. The van der Waals surface area contributed by atoms with Crippen molar-refractivity contribution in [1.29, 1.82) is 0 Å². The second-order valence-electron chi connectivity index (χ2n) is 8.53. The van der Waals surface area contributed by atoms with E-state index in [9.17, 15) is 37.7 Å². The van der Waals surface area contributed by atoms with Gasteiger partial charge < -0.3 is 20.3 Å². The van der Waals surface area contributed by atoms with Crippen LogP contribution in [0.3, 0.4) is 0 Å². The molecule has 10 nitrogen and oxygen atoms in total. The Morgan fingerprint density at radius 1 is 1.17 bits per heavy atom. The summed E-state index contributed by atoms with van der Waals surface area (Å²) in [6, 6.07) is 5.81. The van der Waals surface area contributed by atoms with Crippen molar-refractivity contribution in [2.75, 3.05) is 23.3 Å². The first-order valence-electron chi connectivity index (χ1n) is 10.3. The van der Waals surface area contributed by atoms with Gasteiger partial charge in [-0.3, -0.25) is 19.7 Å². The number of carbonyl (C=O) groups excluding carboxylic acids is 3. The molecule has 2 aromatic carbocycles. The van der Waals surface area contributed by atoms with Crippen molar-refractivity contribution in [3.8, 4) is 0 Å². The molecule has 0 saturated heterocycles. The van der Waals surface area contributed by atoms with E-state index in [1.54, 1.807) is 20.8 Å². The number of anilines is 2. The Morgan fingerprint density at radius 3 is 2.46 bits per heavy atom. The van der Waals surface area contributed by atoms with E-state index in [0.29, 0.717) is 6.07 Å². The minimum absolute atomic E-state index is 0.0838. The standard InChI is InChI=1S/C22H21F3N4O6/c1-21(2,3)35-20(32)26-9-10-28-15-8-7-12(22(23,24)25)11-14(15)27-18(30)17-13(19(28)31)5-4-6-16(17)29(33)34/h4-8,11H,9-10H2,1-3H3,(H,26,32)(H,27,30). The number of nitro groups is 1. The molecule has 3 rings (SSSR count). The minimum Gasteiger partial charge on any atom is -0.444 e. The highest BCUT2D eigenvalue weighted by Crippen LogP contribution is 2.38. The van der Waals surface area contributed by atoms with Crippen LogP contribution in [0.1, 0.15) is 47.1 Å². The molecule has 35 heavy (non-hydrogen) atoms. The number of nitro benzene ring substituents is 1. The van der Waals surface area contributed by atoms with Crippen molar-refractivity contribution >= 4 is 35.0 Å². The molecule has 3 amide bonds. The summed E-state index contributed by atoms with van der Waals surface area (Å²) in [4.78, 5) is 49.9. The fourth-order valence-corrected chi connectivity index (χ4v) is 3.40. The van der Waals surface area contributed by atoms with E-state index < -0.39 is 51.4 Å². The monoisotopic (exact) mass is 494 g/mol. The molecule has 0 aromatic heterocycles. The molecule has 186 valence electrons. The minimum atomic E-state index is -4.75. The lowest BCUT2D eigenvalue weighted by molar-refractivity contribution is -0.385. The van der Waals surface area contributed by atoms with Gasteiger partial charge in [-0.25, -0.2) is 4.79 Å². The zero-order valence-electron chi connectivity index (χ0n) is 18.9. The molecule has 0 fully saturated rings. The molecule has 1 heterocycles. The van der Waals surface area contributed by atoms with E-state index >= 15 is 0 Å². The number of nitrogens with zero attached hydrogens (tertiary/aromatic N) is 2. The van der Waals surface area contributed by atoms with Crippen LogP contribution in [0.2, 0.25) is 0 Å². The highest BCUT2D eigenvalue weighted by atomic mass is 19.4. The first-order chi connectivity index (χ1) is 16.2. The number of benzene rings is 2. The molecule has 0 bridgehead atoms. The summed E-state index contributed by atoms with van der Waals surface area (Å²) in [6.45, 7) is 4.54. The molecule has 0 saturated carbocycles. The first kappa shape index (κ1) is 25.5. The molecule has 13 heteroatoms. The van der Waals surface area contributed by atoms with Crippen LogP contribution < -0.4 is 15.5 Å². The number of rotatable bonds is 4. The maximum atomic E-state index is 13.4. The van der Waals surface area contributed by atoms with Gasteiger partial charge in [0.1, 0.15) is 11.2 Å². The number of alkyl halides is 3. The van der Waals surface area contributed by atoms with E-state index in [4.69, 9.17) is 4.74 Å². The fourth-order valence-electron chi connectivity index (χ4n) is 3.40. The largest absolute Gasteiger partial charge is 0.444 e. The number of fused-ring (bicyclic) bond motifs is 2. The number of nitrogens with one attached hydrogen (secondary N) is 2. The Kier molecular flexibility index (Phi) is 6.72. The van der Waals surface area contributed by atoms with Crippen LogP contribution in [0.15, 0.2) is 36.4 Å². The highest BCUT2D eigenvalue weighted by molar-refractivity contribution is 6.21. The zero-order valence-corrected chi connectivity index (χ0v) is 18.9. The Hall–Kier alpha value is -4.16.